The van der Waals surface area contributed by atoms with E-state index in [9.17, 15) is 0 Å². The SMILES string of the molecule is c1ccc(-c2cc(-n3c4ccccc4c4ccccc43)nc(-c3ccc(-c4nc(-c5ccccc5)nc(-c5cccc([Si](c6ccccc6)(c6ccccc6)c6ccccc6)c5)n4)cc3)n2)cc1. The lowest BCUT2D eigenvalue weighted by Gasteiger charge is -2.34. The van der Waals surface area contributed by atoms with Crippen molar-refractivity contribution in [2.24, 2.45) is 0 Å². The van der Waals surface area contributed by atoms with E-state index in [1.54, 1.807) is 0 Å². The van der Waals surface area contributed by atoms with Crippen molar-refractivity contribution >= 4 is 50.6 Å². The Bertz CT molecular complexity index is 3560. The van der Waals surface area contributed by atoms with Gasteiger partial charge in [-0.1, -0.05) is 237 Å². The zero-order valence-corrected chi connectivity index (χ0v) is 37.9. The maximum atomic E-state index is 5.29. The highest BCUT2D eigenvalue weighted by atomic mass is 28.3. The van der Waals surface area contributed by atoms with Crippen LogP contribution in [0, 0.1) is 0 Å². The molecular formula is C61H42N6Si. The molecule has 0 N–H and O–H groups in total. The smallest absolute Gasteiger partial charge is 0.179 e. The summed E-state index contributed by atoms with van der Waals surface area (Å²) in [6.07, 6.45) is 0. The van der Waals surface area contributed by atoms with E-state index < -0.39 is 8.07 Å². The van der Waals surface area contributed by atoms with Crippen molar-refractivity contribution in [3.63, 3.8) is 0 Å². The maximum absolute atomic E-state index is 5.29. The number of para-hydroxylation sites is 2. The molecule has 0 saturated heterocycles. The Kier molecular flexibility index (Phi) is 10.4. The minimum absolute atomic E-state index is 0.577. The van der Waals surface area contributed by atoms with Crippen LogP contribution >= 0.6 is 0 Å². The Balaban J connectivity index is 0.993. The van der Waals surface area contributed by atoms with Crippen LogP contribution in [0.5, 0.6) is 0 Å². The van der Waals surface area contributed by atoms with Gasteiger partial charge in [-0.25, -0.2) is 24.9 Å². The van der Waals surface area contributed by atoms with E-state index >= 15 is 0 Å². The predicted molar refractivity (Wildman–Crippen MR) is 281 cm³/mol. The first kappa shape index (κ1) is 40.6. The Morgan fingerprint density at radius 1 is 0.265 bits per heavy atom. The van der Waals surface area contributed by atoms with Gasteiger partial charge in [-0.3, -0.25) is 4.57 Å². The van der Waals surface area contributed by atoms with Gasteiger partial charge in [0.15, 0.2) is 31.4 Å². The molecule has 0 unspecified atom stereocenters. The predicted octanol–water partition coefficient (Wildman–Crippen LogP) is 11.5. The Hall–Kier alpha value is -8.91. The molecule has 0 aliphatic carbocycles. The molecule has 3 heterocycles. The number of nitrogens with zero attached hydrogens (tertiary/aromatic N) is 6. The van der Waals surface area contributed by atoms with Crippen molar-refractivity contribution in [2.45, 2.75) is 0 Å². The summed E-state index contributed by atoms with van der Waals surface area (Å²) in [5.41, 5.74) is 7.60. The number of hydrogen-bond donors (Lipinski definition) is 0. The van der Waals surface area contributed by atoms with E-state index in [2.05, 4.69) is 211 Å². The van der Waals surface area contributed by atoms with Crippen LogP contribution in [0.1, 0.15) is 0 Å². The highest BCUT2D eigenvalue weighted by Gasteiger charge is 2.41. The standard InChI is InChI=1S/C61H42N6Si/c1-6-21-43(22-7-1)54-42-57(67-55-35-18-16-33-52(55)53-34-17-19-36-56(53)67)63-58(62-54)45-37-39-46(40-38-45)60-64-59(44-23-8-2-9-24-44)65-61(66-60)47-25-20-32-51(41-47)68(48-26-10-3-11-27-48,49-28-12-4-13-29-49)50-30-14-5-15-31-50/h1-42H. The first-order chi connectivity index (χ1) is 33.7. The number of benzene rings is 9. The minimum Gasteiger partial charge on any atom is -0.294 e. The summed E-state index contributed by atoms with van der Waals surface area (Å²) in [4.78, 5) is 26.1. The lowest BCUT2D eigenvalue weighted by atomic mass is 10.1. The Morgan fingerprint density at radius 3 is 1.13 bits per heavy atom. The summed E-state index contributed by atoms with van der Waals surface area (Å²) in [6.45, 7) is 0. The third-order valence-electron chi connectivity index (χ3n) is 12.8. The van der Waals surface area contributed by atoms with Gasteiger partial charge in [0.25, 0.3) is 0 Å². The minimum atomic E-state index is -2.82. The molecule has 320 valence electrons. The van der Waals surface area contributed by atoms with Crippen LogP contribution in [-0.4, -0.2) is 37.6 Å². The van der Waals surface area contributed by atoms with E-state index in [0.29, 0.717) is 23.3 Å². The average Bonchev–Trinajstić information content (AvgIpc) is 3.77. The fourth-order valence-corrected chi connectivity index (χ4v) is 14.5. The fraction of sp³-hybridized carbons (Fsp3) is 0. The van der Waals surface area contributed by atoms with E-state index in [0.717, 1.165) is 50.4 Å². The van der Waals surface area contributed by atoms with Gasteiger partial charge in [-0.15, -0.1) is 0 Å². The zero-order chi connectivity index (χ0) is 45.3. The van der Waals surface area contributed by atoms with Gasteiger partial charge in [0, 0.05) is 44.7 Å². The first-order valence-electron chi connectivity index (χ1n) is 22.8. The molecule has 0 saturated carbocycles. The monoisotopic (exact) mass is 886 g/mol. The van der Waals surface area contributed by atoms with Crippen molar-refractivity contribution in [2.75, 3.05) is 0 Å². The largest absolute Gasteiger partial charge is 0.294 e. The molecule has 7 heteroatoms. The second kappa shape index (κ2) is 17.5. The van der Waals surface area contributed by atoms with Crippen LogP contribution in [0.3, 0.4) is 0 Å². The van der Waals surface area contributed by atoms with Crippen molar-refractivity contribution < 1.29 is 0 Å². The molecule has 6 nitrogen and oxygen atoms in total. The molecular weight excluding hydrogens is 845 g/mol. The van der Waals surface area contributed by atoms with Gasteiger partial charge in [-0.2, -0.15) is 0 Å². The summed E-state index contributed by atoms with van der Waals surface area (Å²) in [5, 5.41) is 7.50. The van der Waals surface area contributed by atoms with Crippen molar-refractivity contribution in [3.8, 4) is 62.6 Å². The highest BCUT2D eigenvalue weighted by Crippen LogP contribution is 2.34. The van der Waals surface area contributed by atoms with Crippen molar-refractivity contribution in [1.82, 2.24) is 29.5 Å². The average molecular weight is 887 g/mol. The zero-order valence-electron chi connectivity index (χ0n) is 36.9. The number of rotatable bonds is 10. The quantitative estimate of drug-likeness (QED) is 0.101. The van der Waals surface area contributed by atoms with E-state index in [1.807, 2.05) is 48.5 Å². The summed E-state index contributed by atoms with van der Waals surface area (Å²) < 4.78 is 2.25. The number of aromatic nitrogens is 6. The van der Waals surface area contributed by atoms with Crippen LogP contribution in [0.2, 0.25) is 0 Å². The summed E-state index contributed by atoms with van der Waals surface area (Å²) >= 11 is 0. The molecule has 0 radical (unpaired) electrons. The third kappa shape index (κ3) is 7.28. The second-order valence-electron chi connectivity index (χ2n) is 16.8. The van der Waals surface area contributed by atoms with Gasteiger partial charge in [0.05, 0.1) is 16.7 Å². The molecule has 0 spiro atoms. The van der Waals surface area contributed by atoms with Crippen LogP contribution in [-0.2, 0) is 0 Å². The van der Waals surface area contributed by atoms with Crippen LogP contribution in [0.15, 0.2) is 255 Å². The van der Waals surface area contributed by atoms with Crippen molar-refractivity contribution in [3.05, 3.63) is 255 Å². The number of fused-ring (bicyclic) bond motifs is 3. The molecule has 12 aromatic rings. The van der Waals surface area contributed by atoms with Crippen LogP contribution in [0.4, 0.5) is 0 Å². The molecule has 3 aromatic heterocycles. The molecule has 0 bridgehead atoms. The molecule has 0 atom stereocenters. The topological polar surface area (TPSA) is 69.4 Å². The van der Waals surface area contributed by atoms with Crippen LogP contribution in [0.25, 0.3) is 84.4 Å². The van der Waals surface area contributed by atoms with Crippen LogP contribution < -0.4 is 20.7 Å². The molecule has 12 rings (SSSR count). The normalized spacial score (nSPS) is 11.5. The third-order valence-corrected chi connectivity index (χ3v) is 17.6. The summed E-state index contributed by atoms with van der Waals surface area (Å²) in [6, 6.07) is 89.6. The van der Waals surface area contributed by atoms with E-state index in [4.69, 9.17) is 24.9 Å². The Labute approximate surface area is 395 Å². The number of hydrogen-bond acceptors (Lipinski definition) is 5. The highest BCUT2D eigenvalue weighted by molar-refractivity contribution is 7.19. The van der Waals surface area contributed by atoms with Gasteiger partial charge in [0.2, 0.25) is 0 Å². The maximum Gasteiger partial charge on any atom is 0.179 e. The molecule has 0 fully saturated rings. The summed E-state index contributed by atoms with van der Waals surface area (Å²) in [5.74, 6) is 3.20. The van der Waals surface area contributed by atoms with E-state index in [-0.39, 0.29) is 0 Å². The van der Waals surface area contributed by atoms with Gasteiger partial charge < -0.3 is 0 Å². The van der Waals surface area contributed by atoms with Gasteiger partial charge in [-0.05, 0) is 32.9 Å². The summed E-state index contributed by atoms with van der Waals surface area (Å²) in [7, 11) is -2.82. The second-order valence-corrected chi connectivity index (χ2v) is 20.7. The van der Waals surface area contributed by atoms with Gasteiger partial charge in [0.1, 0.15) is 5.82 Å². The molecule has 0 amide bonds. The van der Waals surface area contributed by atoms with E-state index in [1.165, 1.54) is 31.5 Å². The molecule has 0 aliphatic heterocycles. The molecule has 68 heavy (non-hydrogen) atoms. The molecule has 0 aliphatic rings. The first-order valence-corrected chi connectivity index (χ1v) is 24.8. The Morgan fingerprint density at radius 2 is 0.632 bits per heavy atom. The lowest BCUT2D eigenvalue weighted by Crippen LogP contribution is -2.74. The fourth-order valence-electron chi connectivity index (χ4n) is 9.68. The van der Waals surface area contributed by atoms with Crippen molar-refractivity contribution in [1.29, 1.82) is 0 Å². The van der Waals surface area contributed by atoms with Gasteiger partial charge >= 0.3 is 0 Å². The lowest BCUT2D eigenvalue weighted by molar-refractivity contribution is 1.05. The molecule has 9 aromatic carbocycles.